The van der Waals surface area contributed by atoms with Crippen molar-refractivity contribution in [1.29, 1.82) is 5.26 Å². The molecule has 1 rings (SSSR count). The quantitative estimate of drug-likeness (QED) is 0.668. The van der Waals surface area contributed by atoms with E-state index in [1.165, 1.54) is 0 Å². The van der Waals surface area contributed by atoms with E-state index in [0.717, 1.165) is 0 Å². The van der Waals surface area contributed by atoms with Gasteiger partial charge in [0.25, 0.3) is 0 Å². The molecule has 0 aromatic carbocycles. The number of nitrogens with zero attached hydrogens (tertiary/aromatic N) is 1. The van der Waals surface area contributed by atoms with E-state index in [1.807, 2.05) is 6.07 Å². The number of hydrogen-bond donors (Lipinski definition) is 0. The van der Waals surface area contributed by atoms with Crippen LogP contribution in [0.25, 0.3) is 0 Å². The van der Waals surface area contributed by atoms with Gasteiger partial charge in [-0.2, -0.15) is 5.26 Å². The number of carbonyl (C=O) groups excluding carboxylic acids is 1. The third-order valence-electron chi connectivity index (χ3n) is 2.07. The first kappa shape index (κ1) is 11.2. The van der Waals surface area contributed by atoms with Crippen LogP contribution < -0.4 is 0 Å². The summed E-state index contributed by atoms with van der Waals surface area (Å²) in [6, 6.07) is 1.94. The fourth-order valence-corrected chi connectivity index (χ4v) is 1.39. The van der Waals surface area contributed by atoms with Gasteiger partial charge in [-0.3, -0.25) is 4.79 Å². The number of ketones is 1. The summed E-state index contributed by atoms with van der Waals surface area (Å²) in [4.78, 5) is 11.6. The lowest BCUT2D eigenvalue weighted by atomic mass is 10.0. The van der Waals surface area contributed by atoms with Crippen molar-refractivity contribution in [1.82, 2.24) is 0 Å². The van der Waals surface area contributed by atoms with Crippen molar-refractivity contribution in [2.45, 2.75) is 45.7 Å². The Hall–Kier alpha value is -0.920. The summed E-state index contributed by atoms with van der Waals surface area (Å²) in [5.41, 5.74) is 0. The van der Waals surface area contributed by atoms with Crippen molar-refractivity contribution in [3.05, 3.63) is 0 Å². The Bertz CT molecular complexity index is 278. The Balaban J connectivity index is 2.80. The molecule has 1 aliphatic rings. The van der Waals surface area contributed by atoms with Crippen LogP contribution in [-0.2, 0) is 14.3 Å². The maximum atomic E-state index is 11.6. The second-order valence-electron chi connectivity index (χ2n) is 4.16. The van der Waals surface area contributed by atoms with Crippen molar-refractivity contribution in [3.8, 4) is 6.07 Å². The molecule has 0 radical (unpaired) electrons. The van der Waals surface area contributed by atoms with Crippen LogP contribution in [0.15, 0.2) is 0 Å². The van der Waals surface area contributed by atoms with Crippen LogP contribution in [0.4, 0.5) is 0 Å². The van der Waals surface area contributed by atoms with Crippen LogP contribution in [0, 0.1) is 17.2 Å². The molecule has 0 aromatic rings. The fraction of sp³-hybridized carbons (Fsp3) is 0.800. The SMILES string of the molecule is CC(C)C(=O)[C@@H]1OC(C)(C)O[C@H]1C#N. The average molecular weight is 197 g/mol. The molecule has 1 aliphatic heterocycles. The highest BCUT2D eigenvalue weighted by molar-refractivity contribution is 5.86. The Morgan fingerprint density at radius 3 is 2.43 bits per heavy atom. The van der Waals surface area contributed by atoms with Gasteiger partial charge >= 0.3 is 0 Å². The molecule has 0 bridgehead atoms. The van der Waals surface area contributed by atoms with E-state index in [4.69, 9.17) is 14.7 Å². The van der Waals surface area contributed by atoms with E-state index in [0.29, 0.717) is 0 Å². The molecule has 0 amide bonds. The minimum Gasteiger partial charge on any atom is -0.336 e. The minimum atomic E-state index is -0.838. The maximum absolute atomic E-state index is 11.6. The molecule has 4 heteroatoms. The Kier molecular flexibility index (Phi) is 2.93. The molecule has 2 atom stereocenters. The van der Waals surface area contributed by atoms with Gasteiger partial charge in [-0.15, -0.1) is 0 Å². The van der Waals surface area contributed by atoms with Crippen LogP contribution in [0.3, 0.4) is 0 Å². The summed E-state index contributed by atoms with van der Waals surface area (Å²) in [5.74, 6) is -1.06. The molecular weight excluding hydrogens is 182 g/mol. The van der Waals surface area contributed by atoms with Crippen LogP contribution in [0.1, 0.15) is 27.7 Å². The van der Waals surface area contributed by atoms with Crippen LogP contribution >= 0.6 is 0 Å². The normalized spacial score (nSPS) is 30.3. The van der Waals surface area contributed by atoms with Gasteiger partial charge in [0.15, 0.2) is 23.8 Å². The van der Waals surface area contributed by atoms with Crippen molar-refractivity contribution in [2.75, 3.05) is 0 Å². The van der Waals surface area contributed by atoms with Crippen molar-refractivity contribution < 1.29 is 14.3 Å². The lowest BCUT2D eigenvalue weighted by molar-refractivity contribution is -0.155. The second-order valence-corrected chi connectivity index (χ2v) is 4.16. The minimum absolute atomic E-state index is 0.0814. The third-order valence-corrected chi connectivity index (χ3v) is 2.07. The van der Waals surface area contributed by atoms with Gasteiger partial charge < -0.3 is 9.47 Å². The predicted molar refractivity (Wildman–Crippen MR) is 49.3 cm³/mol. The molecule has 1 saturated heterocycles. The molecule has 0 aliphatic carbocycles. The molecule has 1 fully saturated rings. The number of ether oxygens (including phenoxy) is 2. The van der Waals surface area contributed by atoms with Gasteiger partial charge in [-0.1, -0.05) is 13.8 Å². The lowest BCUT2D eigenvalue weighted by Gasteiger charge is -2.16. The van der Waals surface area contributed by atoms with Crippen LogP contribution in [0.2, 0.25) is 0 Å². The maximum Gasteiger partial charge on any atom is 0.180 e. The number of Topliss-reactive ketones (excluding diaryl/α,β-unsaturated/α-hetero) is 1. The largest absolute Gasteiger partial charge is 0.336 e. The van der Waals surface area contributed by atoms with Crippen molar-refractivity contribution in [2.24, 2.45) is 5.92 Å². The number of rotatable bonds is 2. The molecule has 1 heterocycles. The van der Waals surface area contributed by atoms with Gasteiger partial charge in [0.05, 0.1) is 6.07 Å². The smallest absolute Gasteiger partial charge is 0.180 e. The van der Waals surface area contributed by atoms with E-state index in [1.54, 1.807) is 27.7 Å². The summed E-state index contributed by atoms with van der Waals surface area (Å²) in [7, 11) is 0. The van der Waals surface area contributed by atoms with Gasteiger partial charge in [0.1, 0.15) is 0 Å². The van der Waals surface area contributed by atoms with Crippen LogP contribution in [0.5, 0.6) is 0 Å². The molecule has 0 N–H and O–H groups in total. The molecule has 4 nitrogen and oxygen atoms in total. The van der Waals surface area contributed by atoms with E-state index in [-0.39, 0.29) is 11.7 Å². The first-order valence-electron chi connectivity index (χ1n) is 4.66. The zero-order valence-electron chi connectivity index (χ0n) is 8.90. The van der Waals surface area contributed by atoms with Gasteiger partial charge in [0, 0.05) is 5.92 Å². The first-order chi connectivity index (χ1) is 6.37. The molecule has 0 aromatic heterocycles. The summed E-state index contributed by atoms with van der Waals surface area (Å²) < 4.78 is 10.7. The molecule has 0 spiro atoms. The van der Waals surface area contributed by atoms with Gasteiger partial charge in [-0.05, 0) is 13.8 Å². The monoisotopic (exact) mass is 197 g/mol. The average Bonchev–Trinajstić information content (AvgIpc) is 2.39. The highest BCUT2D eigenvalue weighted by Crippen LogP contribution is 2.29. The number of hydrogen-bond acceptors (Lipinski definition) is 4. The summed E-state index contributed by atoms with van der Waals surface area (Å²) >= 11 is 0. The second kappa shape index (κ2) is 3.68. The van der Waals surface area contributed by atoms with E-state index >= 15 is 0 Å². The molecule has 0 unspecified atom stereocenters. The van der Waals surface area contributed by atoms with E-state index in [9.17, 15) is 4.79 Å². The Morgan fingerprint density at radius 1 is 1.43 bits per heavy atom. The van der Waals surface area contributed by atoms with E-state index < -0.39 is 18.0 Å². The standard InChI is InChI=1S/C10H15NO3/c1-6(2)8(12)9-7(5-11)13-10(3,4)14-9/h6-7,9H,1-4H3/t7-,9+/m0/s1. The first-order valence-corrected chi connectivity index (χ1v) is 4.66. The van der Waals surface area contributed by atoms with Crippen molar-refractivity contribution in [3.63, 3.8) is 0 Å². The topological polar surface area (TPSA) is 59.3 Å². The molecular formula is C10H15NO3. The number of carbonyl (C=O) groups is 1. The van der Waals surface area contributed by atoms with Gasteiger partial charge in [-0.25, -0.2) is 0 Å². The van der Waals surface area contributed by atoms with Gasteiger partial charge in [0.2, 0.25) is 0 Å². The van der Waals surface area contributed by atoms with Crippen molar-refractivity contribution >= 4 is 5.78 Å². The summed E-state index contributed by atoms with van der Waals surface area (Å²) in [5, 5.41) is 8.79. The predicted octanol–water partition coefficient (Wildman–Crippen LogP) is 1.26. The van der Waals surface area contributed by atoms with Crippen LogP contribution in [-0.4, -0.2) is 23.8 Å². The lowest BCUT2D eigenvalue weighted by Crippen LogP contribution is -2.33. The van der Waals surface area contributed by atoms with E-state index in [2.05, 4.69) is 0 Å². The zero-order chi connectivity index (χ0) is 10.9. The summed E-state index contributed by atoms with van der Waals surface area (Å²) in [6.45, 7) is 6.97. The Morgan fingerprint density at radius 2 is 2.00 bits per heavy atom. The fourth-order valence-electron chi connectivity index (χ4n) is 1.39. The third kappa shape index (κ3) is 2.11. The molecule has 0 saturated carbocycles. The zero-order valence-corrected chi connectivity index (χ0v) is 8.90. The number of nitriles is 1. The Labute approximate surface area is 83.8 Å². The summed E-state index contributed by atoms with van der Waals surface area (Å²) in [6.07, 6.45) is -1.52. The molecule has 14 heavy (non-hydrogen) atoms. The molecule has 78 valence electrons. The highest BCUT2D eigenvalue weighted by atomic mass is 16.8. The highest BCUT2D eigenvalue weighted by Gasteiger charge is 2.45.